The lowest BCUT2D eigenvalue weighted by Gasteiger charge is -2.38. The van der Waals surface area contributed by atoms with Gasteiger partial charge in [0, 0.05) is 38.9 Å². The van der Waals surface area contributed by atoms with E-state index in [1.54, 1.807) is 11.0 Å². The smallest absolute Gasteiger partial charge is 0.277 e. The molecule has 2 aliphatic rings. The Hall–Kier alpha value is -2.19. The van der Waals surface area contributed by atoms with E-state index in [0.717, 1.165) is 0 Å². The highest BCUT2D eigenvalue weighted by Gasteiger charge is 2.36. The summed E-state index contributed by atoms with van der Waals surface area (Å²) < 4.78 is 5.26. The number of aromatic hydroxyl groups is 1. The minimum atomic E-state index is -0.587. The topological polar surface area (TPSA) is 95.0 Å². The van der Waals surface area contributed by atoms with Gasteiger partial charge in [0.05, 0.1) is 13.2 Å². The van der Waals surface area contributed by atoms with Gasteiger partial charge in [-0.25, -0.2) is 4.98 Å². The molecule has 8 heteroatoms. The highest BCUT2D eigenvalue weighted by Crippen LogP contribution is 2.18. The highest BCUT2D eigenvalue weighted by molar-refractivity contribution is 5.98. The van der Waals surface area contributed by atoms with Crippen molar-refractivity contribution in [3.63, 3.8) is 0 Å². The zero-order valence-electron chi connectivity index (χ0n) is 12.8. The number of carbonyl (C=O) groups is 2. The van der Waals surface area contributed by atoms with E-state index in [9.17, 15) is 14.7 Å². The van der Waals surface area contributed by atoms with Crippen LogP contribution in [0.4, 0.5) is 0 Å². The lowest BCUT2D eigenvalue weighted by Crippen LogP contribution is -2.61. The lowest BCUT2D eigenvalue weighted by molar-refractivity contribution is -0.140. The summed E-state index contributed by atoms with van der Waals surface area (Å²) in [7, 11) is 0. The summed E-state index contributed by atoms with van der Waals surface area (Å²) in [6, 6.07) is 2.39. The maximum atomic E-state index is 12.7. The van der Waals surface area contributed by atoms with E-state index in [1.807, 2.05) is 0 Å². The number of ether oxygens (including phenoxy) is 1. The SMILES string of the molecule is O=C([C@@H]1CNCCN1C(=O)c1ncccc1O)N1CCOCC1. The van der Waals surface area contributed by atoms with E-state index in [0.29, 0.717) is 45.9 Å². The van der Waals surface area contributed by atoms with E-state index in [-0.39, 0.29) is 17.4 Å². The van der Waals surface area contributed by atoms with Crippen LogP contribution in [0.3, 0.4) is 0 Å². The van der Waals surface area contributed by atoms with Crippen molar-refractivity contribution >= 4 is 11.8 Å². The summed E-state index contributed by atoms with van der Waals surface area (Å²) in [5.41, 5.74) is -0.0193. The average molecular weight is 320 g/mol. The van der Waals surface area contributed by atoms with Crippen molar-refractivity contribution in [2.24, 2.45) is 0 Å². The molecule has 2 fully saturated rings. The van der Waals surface area contributed by atoms with Gasteiger partial charge in [0.15, 0.2) is 5.69 Å². The fourth-order valence-corrected chi connectivity index (χ4v) is 2.86. The van der Waals surface area contributed by atoms with Gasteiger partial charge in [-0.1, -0.05) is 0 Å². The number of hydrogen-bond donors (Lipinski definition) is 2. The number of rotatable bonds is 2. The molecule has 0 spiro atoms. The molecule has 0 unspecified atom stereocenters. The van der Waals surface area contributed by atoms with Crippen molar-refractivity contribution in [1.82, 2.24) is 20.1 Å². The van der Waals surface area contributed by atoms with Crippen LogP contribution < -0.4 is 5.32 Å². The number of pyridine rings is 1. The van der Waals surface area contributed by atoms with Crippen molar-refractivity contribution in [2.75, 3.05) is 45.9 Å². The van der Waals surface area contributed by atoms with Gasteiger partial charge in [-0.05, 0) is 12.1 Å². The van der Waals surface area contributed by atoms with Crippen molar-refractivity contribution < 1.29 is 19.4 Å². The van der Waals surface area contributed by atoms with Crippen LogP contribution in [0.2, 0.25) is 0 Å². The Labute approximate surface area is 134 Å². The maximum absolute atomic E-state index is 12.7. The van der Waals surface area contributed by atoms with E-state index in [4.69, 9.17) is 4.74 Å². The van der Waals surface area contributed by atoms with Gasteiger partial charge in [-0.2, -0.15) is 0 Å². The Morgan fingerprint density at radius 1 is 1.30 bits per heavy atom. The average Bonchev–Trinajstić information content (AvgIpc) is 2.62. The van der Waals surface area contributed by atoms with E-state index in [1.165, 1.54) is 17.2 Å². The molecule has 3 heterocycles. The zero-order chi connectivity index (χ0) is 16.2. The molecule has 2 saturated heterocycles. The quantitative estimate of drug-likeness (QED) is 0.730. The summed E-state index contributed by atoms with van der Waals surface area (Å²) in [5, 5.41) is 13.0. The Balaban J connectivity index is 1.79. The number of aromatic nitrogens is 1. The molecule has 124 valence electrons. The number of hydrogen-bond acceptors (Lipinski definition) is 6. The number of carbonyl (C=O) groups excluding carboxylic acids is 2. The first kappa shape index (κ1) is 15.7. The lowest BCUT2D eigenvalue weighted by atomic mass is 10.1. The monoisotopic (exact) mass is 320 g/mol. The minimum absolute atomic E-state index is 0.0193. The van der Waals surface area contributed by atoms with Crippen molar-refractivity contribution in [1.29, 1.82) is 0 Å². The Bertz CT molecular complexity index is 589. The van der Waals surface area contributed by atoms with Crippen LogP contribution in [0.15, 0.2) is 18.3 Å². The molecule has 8 nitrogen and oxygen atoms in total. The van der Waals surface area contributed by atoms with Gasteiger partial charge in [-0.3, -0.25) is 9.59 Å². The third-order valence-corrected chi connectivity index (χ3v) is 4.10. The van der Waals surface area contributed by atoms with Crippen LogP contribution in [-0.2, 0) is 9.53 Å². The molecule has 2 N–H and O–H groups in total. The Morgan fingerprint density at radius 2 is 2.09 bits per heavy atom. The highest BCUT2D eigenvalue weighted by atomic mass is 16.5. The molecule has 2 aliphatic heterocycles. The van der Waals surface area contributed by atoms with Crippen LogP contribution in [-0.4, -0.2) is 83.7 Å². The summed E-state index contributed by atoms with van der Waals surface area (Å²) in [4.78, 5) is 32.6. The van der Waals surface area contributed by atoms with Gasteiger partial charge in [0.2, 0.25) is 5.91 Å². The number of piperazine rings is 1. The van der Waals surface area contributed by atoms with Gasteiger partial charge < -0.3 is 25.0 Å². The first-order valence-corrected chi connectivity index (χ1v) is 7.70. The Kier molecular flexibility index (Phi) is 4.73. The van der Waals surface area contributed by atoms with Crippen LogP contribution in [0, 0.1) is 0 Å². The normalized spacial score (nSPS) is 22.0. The van der Waals surface area contributed by atoms with Crippen molar-refractivity contribution in [2.45, 2.75) is 6.04 Å². The second-order valence-corrected chi connectivity index (χ2v) is 5.53. The summed E-state index contributed by atoms with van der Waals surface area (Å²) in [6.45, 7) is 3.50. The molecule has 0 saturated carbocycles. The molecule has 0 aliphatic carbocycles. The molecule has 23 heavy (non-hydrogen) atoms. The molecule has 0 bridgehead atoms. The maximum Gasteiger partial charge on any atom is 0.277 e. The molecule has 1 aromatic rings. The molecular formula is C15H20N4O4. The second-order valence-electron chi connectivity index (χ2n) is 5.53. The predicted molar refractivity (Wildman–Crippen MR) is 81.0 cm³/mol. The van der Waals surface area contributed by atoms with Crippen LogP contribution in [0.1, 0.15) is 10.5 Å². The number of nitrogens with zero attached hydrogens (tertiary/aromatic N) is 3. The van der Waals surface area contributed by atoms with E-state index >= 15 is 0 Å². The number of morpholine rings is 1. The summed E-state index contributed by atoms with van der Waals surface area (Å²) >= 11 is 0. The molecule has 2 amide bonds. The largest absolute Gasteiger partial charge is 0.505 e. The fourth-order valence-electron chi connectivity index (χ4n) is 2.86. The first-order chi connectivity index (χ1) is 11.2. The molecule has 0 radical (unpaired) electrons. The van der Waals surface area contributed by atoms with Gasteiger partial charge in [0.25, 0.3) is 5.91 Å². The summed E-state index contributed by atoms with van der Waals surface area (Å²) in [5.74, 6) is -0.686. The third-order valence-electron chi connectivity index (χ3n) is 4.10. The van der Waals surface area contributed by atoms with E-state index in [2.05, 4.69) is 10.3 Å². The standard InChI is InChI=1S/C15H20N4O4/c20-12-2-1-3-17-13(12)15(22)19-5-4-16-10-11(19)14(21)18-6-8-23-9-7-18/h1-3,11,16,20H,4-10H2/t11-/m0/s1. The molecule has 1 atom stereocenters. The third kappa shape index (κ3) is 3.27. The van der Waals surface area contributed by atoms with Gasteiger partial charge >= 0.3 is 0 Å². The second kappa shape index (κ2) is 6.93. The first-order valence-electron chi connectivity index (χ1n) is 7.70. The fraction of sp³-hybridized carbons (Fsp3) is 0.533. The van der Waals surface area contributed by atoms with Gasteiger partial charge in [0.1, 0.15) is 11.8 Å². The molecule has 3 rings (SSSR count). The summed E-state index contributed by atoms with van der Waals surface area (Å²) in [6.07, 6.45) is 1.45. The van der Waals surface area contributed by atoms with Crippen molar-refractivity contribution in [3.8, 4) is 5.75 Å². The molecular weight excluding hydrogens is 300 g/mol. The molecule has 1 aromatic heterocycles. The Morgan fingerprint density at radius 3 is 2.83 bits per heavy atom. The van der Waals surface area contributed by atoms with Gasteiger partial charge in [-0.15, -0.1) is 0 Å². The van der Waals surface area contributed by atoms with Crippen molar-refractivity contribution in [3.05, 3.63) is 24.0 Å². The minimum Gasteiger partial charge on any atom is -0.505 e. The van der Waals surface area contributed by atoms with Crippen LogP contribution >= 0.6 is 0 Å². The predicted octanol–water partition coefficient (Wildman–Crippen LogP) is -0.940. The number of nitrogens with one attached hydrogen (secondary N) is 1. The zero-order valence-corrected chi connectivity index (χ0v) is 12.8. The number of amides is 2. The van der Waals surface area contributed by atoms with Crippen LogP contribution in [0.25, 0.3) is 0 Å². The van der Waals surface area contributed by atoms with Crippen LogP contribution in [0.5, 0.6) is 5.75 Å². The van der Waals surface area contributed by atoms with E-state index < -0.39 is 11.9 Å². The molecule has 0 aromatic carbocycles.